The number of fused-ring (bicyclic) bond motifs is 1. The van der Waals surface area contributed by atoms with Crippen molar-refractivity contribution in [3.8, 4) is 17.2 Å². The molecule has 27 heavy (non-hydrogen) atoms. The molecule has 0 saturated carbocycles. The third kappa shape index (κ3) is 4.21. The first kappa shape index (κ1) is 18.2. The molecule has 2 heterocycles. The lowest BCUT2D eigenvalue weighted by atomic mass is 9.81. The van der Waals surface area contributed by atoms with Gasteiger partial charge >= 0.3 is 8.69 Å². The summed E-state index contributed by atoms with van der Waals surface area (Å²) in [6.45, 7) is 1.88. The Labute approximate surface area is 158 Å². The highest BCUT2D eigenvalue weighted by molar-refractivity contribution is 7.17. The van der Waals surface area contributed by atoms with Gasteiger partial charge in [-0.05, 0) is 42.2 Å². The topological polar surface area (TPSA) is 57.2 Å². The fourth-order valence-electron chi connectivity index (χ4n) is 3.61. The maximum atomic E-state index is 13.3. The minimum Gasteiger partial charge on any atom is -0.493 e. The Bertz CT molecular complexity index is 803. The van der Waals surface area contributed by atoms with Gasteiger partial charge in [0.25, 0.3) is 0 Å². The third-order valence-electron chi connectivity index (χ3n) is 4.95. The molecule has 2 aliphatic rings. The van der Waals surface area contributed by atoms with Crippen LogP contribution in [0.25, 0.3) is 0 Å². The first-order valence-corrected chi connectivity index (χ1v) is 9.48. The van der Waals surface area contributed by atoms with Gasteiger partial charge in [0.15, 0.2) is 11.5 Å². The van der Waals surface area contributed by atoms with E-state index in [4.69, 9.17) is 18.8 Å². The molecule has 0 amide bonds. The SMILES string of the molecule is O=PON1CC[C@@H](c2ccc(F)cc2)[C@H](COc2ccc3c(c2)OCO3)C1. The highest BCUT2D eigenvalue weighted by Gasteiger charge is 2.32. The lowest BCUT2D eigenvalue weighted by Gasteiger charge is -2.36. The van der Waals surface area contributed by atoms with Crippen molar-refractivity contribution in [1.29, 1.82) is 0 Å². The molecule has 0 bridgehead atoms. The smallest absolute Gasteiger partial charge is 0.346 e. The van der Waals surface area contributed by atoms with E-state index in [-0.39, 0.29) is 33.1 Å². The van der Waals surface area contributed by atoms with E-state index in [0.29, 0.717) is 36.9 Å². The molecule has 2 atom stereocenters. The Kier molecular flexibility index (Phi) is 5.53. The molecule has 0 N–H and O–H groups in total. The maximum absolute atomic E-state index is 13.3. The zero-order chi connectivity index (χ0) is 18.6. The molecule has 1 saturated heterocycles. The highest BCUT2D eigenvalue weighted by atomic mass is 31.1. The first-order chi connectivity index (χ1) is 13.2. The first-order valence-electron chi connectivity index (χ1n) is 8.75. The summed E-state index contributed by atoms with van der Waals surface area (Å²) in [5.41, 5.74) is 1.06. The van der Waals surface area contributed by atoms with Gasteiger partial charge in [-0.3, -0.25) is 0 Å². The second-order valence-corrected chi connectivity index (χ2v) is 6.89. The molecule has 0 unspecified atom stereocenters. The second kappa shape index (κ2) is 8.21. The molecule has 142 valence electrons. The minimum atomic E-state index is -0.369. The molecule has 0 spiro atoms. The molecule has 0 radical (unpaired) electrons. The Morgan fingerprint density at radius 2 is 1.96 bits per heavy atom. The van der Waals surface area contributed by atoms with Crippen LogP contribution < -0.4 is 14.2 Å². The Balaban J connectivity index is 1.48. The number of nitrogens with zero attached hydrogens (tertiary/aromatic N) is 1. The van der Waals surface area contributed by atoms with Crippen LogP contribution in [0.2, 0.25) is 0 Å². The van der Waals surface area contributed by atoms with Crippen LogP contribution in [0.15, 0.2) is 42.5 Å². The molecule has 4 rings (SSSR count). The zero-order valence-electron chi connectivity index (χ0n) is 14.5. The summed E-state index contributed by atoms with van der Waals surface area (Å²) in [6.07, 6.45) is 0.802. The van der Waals surface area contributed by atoms with Crippen LogP contribution in [-0.2, 0) is 9.19 Å². The zero-order valence-corrected chi connectivity index (χ0v) is 15.4. The Morgan fingerprint density at radius 3 is 2.78 bits per heavy atom. The van der Waals surface area contributed by atoms with Gasteiger partial charge in [-0.15, -0.1) is 0 Å². The average Bonchev–Trinajstić information content (AvgIpc) is 3.15. The summed E-state index contributed by atoms with van der Waals surface area (Å²) in [5, 5.41) is 1.68. The fraction of sp³-hybridized carbons (Fsp3) is 0.368. The summed E-state index contributed by atoms with van der Waals surface area (Å²) >= 11 is 0. The molecule has 2 aliphatic heterocycles. The van der Waals surface area contributed by atoms with Crippen molar-refractivity contribution in [3.05, 3.63) is 53.8 Å². The van der Waals surface area contributed by atoms with E-state index >= 15 is 0 Å². The van der Waals surface area contributed by atoms with Gasteiger partial charge < -0.3 is 14.2 Å². The van der Waals surface area contributed by atoms with Crippen LogP contribution in [0, 0.1) is 11.7 Å². The molecule has 1 fully saturated rings. The van der Waals surface area contributed by atoms with Crippen LogP contribution >= 0.6 is 8.69 Å². The molecule has 6 nitrogen and oxygen atoms in total. The minimum absolute atomic E-state index is 0.0939. The summed E-state index contributed by atoms with van der Waals surface area (Å²) in [6, 6.07) is 12.1. The summed E-state index contributed by atoms with van der Waals surface area (Å²) in [4.78, 5) is 0. The third-order valence-corrected chi connectivity index (χ3v) is 5.25. The molecular formula is C19H19FNO5P. The lowest BCUT2D eigenvalue weighted by molar-refractivity contribution is -0.0875. The van der Waals surface area contributed by atoms with E-state index in [1.165, 1.54) is 12.1 Å². The molecule has 0 aliphatic carbocycles. The van der Waals surface area contributed by atoms with Gasteiger partial charge in [-0.2, -0.15) is 5.06 Å². The number of hydrogen-bond donors (Lipinski definition) is 0. The normalized spacial score (nSPS) is 22.1. The number of rotatable bonds is 6. The van der Waals surface area contributed by atoms with Gasteiger partial charge in [0.1, 0.15) is 11.6 Å². The number of halogens is 1. The van der Waals surface area contributed by atoms with Crippen molar-refractivity contribution in [1.82, 2.24) is 5.06 Å². The predicted molar refractivity (Wildman–Crippen MR) is 95.6 cm³/mol. The molecule has 0 aromatic heterocycles. The van der Waals surface area contributed by atoms with E-state index in [9.17, 15) is 8.96 Å². The molecular weight excluding hydrogens is 372 g/mol. The van der Waals surface area contributed by atoms with Crippen molar-refractivity contribution in [3.63, 3.8) is 0 Å². The summed E-state index contributed by atoms with van der Waals surface area (Å²) in [7, 11) is -0.369. The van der Waals surface area contributed by atoms with Gasteiger partial charge in [0, 0.05) is 25.1 Å². The second-order valence-electron chi connectivity index (χ2n) is 6.58. The van der Waals surface area contributed by atoms with Crippen molar-refractivity contribution >= 4 is 8.69 Å². The number of piperidine rings is 1. The lowest BCUT2D eigenvalue weighted by Crippen LogP contribution is -2.40. The van der Waals surface area contributed by atoms with E-state index < -0.39 is 0 Å². The van der Waals surface area contributed by atoms with E-state index in [0.717, 1.165) is 12.0 Å². The van der Waals surface area contributed by atoms with Crippen LogP contribution in [0.5, 0.6) is 17.2 Å². The van der Waals surface area contributed by atoms with Crippen molar-refractivity contribution in [2.24, 2.45) is 5.92 Å². The largest absolute Gasteiger partial charge is 0.493 e. The predicted octanol–water partition coefficient (Wildman–Crippen LogP) is 4.18. The van der Waals surface area contributed by atoms with Gasteiger partial charge in [0.05, 0.1) is 6.61 Å². The molecule has 2 aromatic rings. The summed E-state index contributed by atoms with van der Waals surface area (Å²) < 4.78 is 45.9. The monoisotopic (exact) mass is 391 g/mol. The van der Waals surface area contributed by atoms with Gasteiger partial charge in [0.2, 0.25) is 6.79 Å². The Morgan fingerprint density at radius 1 is 1.15 bits per heavy atom. The van der Waals surface area contributed by atoms with Crippen LogP contribution in [0.3, 0.4) is 0 Å². The van der Waals surface area contributed by atoms with E-state index in [1.807, 2.05) is 30.3 Å². The standard InChI is InChI=1S/C19H19FNO5P/c20-15-3-1-13(2-4-15)17-7-8-21(26-27-22)10-14(17)11-23-16-5-6-18-19(9-16)25-12-24-18/h1-6,9,14,17H,7-8,10-12H2/t14-,17-/m0/s1. The van der Waals surface area contributed by atoms with Crippen LogP contribution in [0.1, 0.15) is 17.9 Å². The maximum Gasteiger partial charge on any atom is 0.346 e. The van der Waals surface area contributed by atoms with E-state index in [2.05, 4.69) is 0 Å². The molecule has 2 aromatic carbocycles. The van der Waals surface area contributed by atoms with E-state index in [1.54, 1.807) is 5.06 Å². The summed E-state index contributed by atoms with van der Waals surface area (Å²) in [5.74, 6) is 2.11. The number of benzene rings is 2. The van der Waals surface area contributed by atoms with Gasteiger partial charge in [-0.25, -0.2) is 13.6 Å². The molecule has 8 heteroatoms. The quantitative estimate of drug-likeness (QED) is 0.689. The van der Waals surface area contributed by atoms with Crippen LogP contribution in [0.4, 0.5) is 4.39 Å². The number of hydrogen-bond acceptors (Lipinski definition) is 6. The average molecular weight is 391 g/mol. The van der Waals surface area contributed by atoms with Crippen molar-refractivity contribution in [2.75, 3.05) is 26.5 Å². The number of ether oxygens (including phenoxy) is 3. The number of hydroxylamine groups is 2. The fourth-order valence-corrected chi connectivity index (χ4v) is 3.85. The van der Waals surface area contributed by atoms with Crippen LogP contribution in [-0.4, -0.2) is 31.6 Å². The Hall–Kier alpha value is -2.21. The van der Waals surface area contributed by atoms with Crippen molar-refractivity contribution in [2.45, 2.75) is 12.3 Å². The van der Waals surface area contributed by atoms with Gasteiger partial charge in [-0.1, -0.05) is 12.1 Å². The highest BCUT2D eigenvalue weighted by Crippen LogP contribution is 2.37. The van der Waals surface area contributed by atoms with Crippen molar-refractivity contribution < 1.29 is 27.8 Å².